The highest BCUT2D eigenvalue weighted by atomic mass is 19.3. The second-order valence-electron chi connectivity index (χ2n) is 5.31. The third-order valence-corrected chi connectivity index (χ3v) is 3.31. The fraction of sp³-hybridized carbons (Fsp3) is 0.400. The average molecular weight is 458 g/mol. The van der Waals surface area contributed by atoms with Crippen LogP contribution in [0.5, 0.6) is 0 Å². The Bertz CT molecular complexity index is 665. The van der Waals surface area contributed by atoms with Crippen LogP contribution in [0.25, 0.3) is 0 Å². The van der Waals surface area contributed by atoms with Gasteiger partial charge in [-0.15, -0.1) is 0 Å². The van der Waals surface area contributed by atoms with Crippen LogP contribution in [-0.2, 0) is 28.6 Å². The SMILES string of the molecule is CCC(COC(=O)C(F)=C(F)F)(COC(=O)C(F)=C(F)F)COC(=O)C(F)=C(F)F. The van der Waals surface area contributed by atoms with Crippen LogP contribution >= 0.6 is 0 Å². The first-order valence-electron chi connectivity index (χ1n) is 7.41. The van der Waals surface area contributed by atoms with E-state index >= 15 is 0 Å². The van der Waals surface area contributed by atoms with E-state index < -0.39 is 85.3 Å². The number of esters is 3. The molecule has 170 valence electrons. The molecule has 0 atom stereocenters. The van der Waals surface area contributed by atoms with E-state index in [2.05, 4.69) is 14.2 Å². The second kappa shape index (κ2) is 11.9. The van der Waals surface area contributed by atoms with Gasteiger partial charge in [0.05, 0.1) is 5.41 Å². The maximum Gasteiger partial charge on any atom is 0.372 e. The van der Waals surface area contributed by atoms with Crippen molar-refractivity contribution in [2.24, 2.45) is 5.41 Å². The van der Waals surface area contributed by atoms with Crippen LogP contribution in [0.1, 0.15) is 13.3 Å². The molecule has 0 bridgehead atoms. The van der Waals surface area contributed by atoms with Crippen molar-refractivity contribution in [2.45, 2.75) is 13.3 Å². The molecule has 0 aromatic heterocycles. The third kappa shape index (κ3) is 8.16. The summed E-state index contributed by atoms with van der Waals surface area (Å²) < 4.78 is 123. The summed E-state index contributed by atoms with van der Waals surface area (Å²) in [5.41, 5.74) is -2.08. The van der Waals surface area contributed by atoms with Crippen molar-refractivity contribution in [3.8, 4) is 0 Å². The fourth-order valence-electron chi connectivity index (χ4n) is 1.51. The van der Waals surface area contributed by atoms with Crippen molar-refractivity contribution >= 4 is 17.9 Å². The molecule has 0 amide bonds. The maximum atomic E-state index is 12.8. The van der Waals surface area contributed by atoms with Gasteiger partial charge in [0, 0.05) is 0 Å². The number of carbonyl (C=O) groups is 3. The lowest BCUT2D eigenvalue weighted by molar-refractivity contribution is -0.159. The minimum atomic E-state index is -3.07. The van der Waals surface area contributed by atoms with E-state index in [1.165, 1.54) is 0 Å². The molecule has 0 heterocycles. The molecule has 15 heteroatoms. The minimum Gasteiger partial charge on any atom is -0.459 e. The predicted octanol–water partition coefficient (Wildman–Crippen LogP) is 4.25. The molecule has 0 spiro atoms. The highest BCUT2D eigenvalue weighted by Crippen LogP contribution is 2.27. The zero-order valence-corrected chi connectivity index (χ0v) is 14.7. The van der Waals surface area contributed by atoms with Gasteiger partial charge in [-0.2, -0.15) is 39.5 Å². The first kappa shape index (κ1) is 27.0. The van der Waals surface area contributed by atoms with Crippen LogP contribution in [0.15, 0.2) is 35.7 Å². The summed E-state index contributed by atoms with van der Waals surface area (Å²) in [6.45, 7) is -2.52. The van der Waals surface area contributed by atoms with E-state index in [4.69, 9.17) is 0 Å². The summed E-state index contributed by atoms with van der Waals surface area (Å²) in [4.78, 5) is 33.4. The minimum absolute atomic E-state index is 0.447. The Balaban J connectivity index is 5.57. The molecule has 0 saturated carbocycles. The van der Waals surface area contributed by atoms with Crippen molar-refractivity contribution < 1.29 is 68.1 Å². The number of rotatable bonds is 10. The van der Waals surface area contributed by atoms with Crippen molar-refractivity contribution in [2.75, 3.05) is 19.8 Å². The van der Waals surface area contributed by atoms with Crippen molar-refractivity contribution in [1.29, 1.82) is 0 Å². The summed E-state index contributed by atoms with van der Waals surface area (Å²) in [5, 5.41) is 0. The lowest BCUT2D eigenvalue weighted by Crippen LogP contribution is -2.39. The van der Waals surface area contributed by atoms with Gasteiger partial charge in [0.1, 0.15) is 19.8 Å². The van der Waals surface area contributed by atoms with Gasteiger partial charge >= 0.3 is 36.1 Å². The average Bonchev–Trinajstić information content (AvgIpc) is 2.70. The molecule has 6 nitrogen and oxygen atoms in total. The van der Waals surface area contributed by atoms with E-state index in [1.807, 2.05) is 0 Å². The predicted molar refractivity (Wildman–Crippen MR) is 76.7 cm³/mol. The fourth-order valence-corrected chi connectivity index (χ4v) is 1.51. The monoisotopic (exact) mass is 458 g/mol. The van der Waals surface area contributed by atoms with Gasteiger partial charge in [-0.1, -0.05) is 6.92 Å². The van der Waals surface area contributed by atoms with Crippen LogP contribution in [0.3, 0.4) is 0 Å². The molecule has 0 aliphatic rings. The molecule has 0 aliphatic carbocycles. The highest BCUT2D eigenvalue weighted by molar-refractivity contribution is 5.87. The Morgan fingerprint density at radius 1 is 0.567 bits per heavy atom. The third-order valence-electron chi connectivity index (χ3n) is 3.31. The summed E-state index contributed by atoms with van der Waals surface area (Å²) >= 11 is 0. The summed E-state index contributed by atoms with van der Waals surface area (Å²) in [5.74, 6) is -14.6. The Morgan fingerprint density at radius 2 is 0.800 bits per heavy atom. The molecule has 0 fully saturated rings. The van der Waals surface area contributed by atoms with Gasteiger partial charge in [0.2, 0.25) is 0 Å². The van der Waals surface area contributed by atoms with Crippen LogP contribution < -0.4 is 0 Å². The smallest absolute Gasteiger partial charge is 0.372 e. The molecule has 0 aromatic carbocycles. The first-order valence-corrected chi connectivity index (χ1v) is 7.41. The maximum absolute atomic E-state index is 12.8. The lowest BCUT2D eigenvalue weighted by atomic mass is 9.88. The molecular weight excluding hydrogens is 447 g/mol. The molecule has 0 aliphatic heterocycles. The van der Waals surface area contributed by atoms with Crippen LogP contribution in [0.2, 0.25) is 0 Å². The zero-order chi connectivity index (χ0) is 23.6. The molecule has 0 aromatic rings. The molecule has 30 heavy (non-hydrogen) atoms. The molecule has 0 radical (unpaired) electrons. The van der Waals surface area contributed by atoms with Gasteiger partial charge in [-0.3, -0.25) is 0 Å². The van der Waals surface area contributed by atoms with E-state index in [-0.39, 0.29) is 0 Å². The number of hydrogen-bond donors (Lipinski definition) is 0. The van der Waals surface area contributed by atoms with Gasteiger partial charge in [0.15, 0.2) is 0 Å². The van der Waals surface area contributed by atoms with Gasteiger partial charge in [-0.05, 0) is 6.42 Å². The standard InChI is InChI=1S/C15H11F9O6/c1-2-15(3-28-12(25)6(16)9(19)20,4-29-13(26)7(17)10(21)22)5-30-14(27)8(18)11(23)24/h2-5H2,1H3. The molecule has 0 unspecified atom stereocenters. The Labute approximate surface area is 161 Å². The van der Waals surface area contributed by atoms with Crippen molar-refractivity contribution in [1.82, 2.24) is 0 Å². The highest BCUT2D eigenvalue weighted by Gasteiger charge is 2.36. The summed E-state index contributed by atoms with van der Waals surface area (Å²) in [6, 6.07) is 0. The van der Waals surface area contributed by atoms with E-state index in [0.717, 1.165) is 6.92 Å². The Morgan fingerprint density at radius 3 is 0.967 bits per heavy atom. The zero-order valence-electron chi connectivity index (χ0n) is 14.7. The number of carbonyl (C=O) groups excluding carboxylic acids is 3. The first-order chi connectivity index (χ1) is 13.8. The Hall–Kier alpha value is -3.00. The van der Waals surface area contributed by atoms with Gasteiger partial charge in [0.25, 0.3) is 17.5 Å². The molecular formula is C15H11F9O6. The molecule has 0 saturated heterocycles. The summed E-state index contributed by atoms with van der Waals surface area (Å²) in [6.07, 6.45) is -9.67. The number of ether oxygens (including phenoxy) is 3. The quantitative estimate of drug-likeness (QED) is 0.211. The van der Waals surface area contributed by atoms with Crippen molar-refractivity contribution in [3.63, 3.8) is 0 Å². The van der Waals surface area contributed by atoms with E-state index in [1.54, 1.807) is 0 Å². The van der Waals surface area contributed by atoms with E-state index in [9.17, 15) is 53.9 Å². The largest absolute Gasteiger partial charge is 0.459 e. The van der Waals surface area contributed by atoms with Crippen LogP contribution in [0.4, 0.5) is 39.5 Å². The van der Waals surface area contributed by atoms with Crippen LogP contribution in [-0.4, -0.2) is 37.7 Å². The molecule has 0 N–H and O–H groups in total. The molecule has 0 rings (SSSR count). The van der Waals surface area contributed by atoms with E-state index in [0.29, 0.717) is 0 Å². The lowest BCUT2D eigenvalue weighted by Gasteiger charge is -2.30. The van der Waals surface area contributed by atoms with Crippen molar-refractivity contribution in [3.05, 3.63) is 35.7 Å². The topological polar surface area (TPSA) is 78.9 Å². The second-order valence-corrected chi connectivity index (χ2v) is 5.31. The number of hydrogen-bond acceptors (Lipinski definition) is 6. The van der Waals surface area contributed by atoms with Gasteiger partial charge in [-0.25, -0.2) is 14.4 Å². The summed E-state index contributed by atoms with van der Waals surface area (Å²) in [7, 11) is 0. The number of halogens is 9. The van der Waals surface area contributed by atoms with Gasteiger partial charge < -0.3 is 14.2 Å². The van der Waals surface area contributed by atoms with Crippen LogP contribution in [0, 0.1) is 5.41 Å². The Kier molecular flexibility index (Phi) is 10.7. The normalized spacial score (nSPS) is 10.6.